The van der Waals surface area contributed by atoms with Gasteiger partial charge in [-0.3, -0.25) is 14.5 Å². The molecule has 138 valence electrons. The minimum Gasteiger partial charge on any atom is -0.326 e. The van der Waals surface area contributed by atoms with E-state index in [1.807, 2.05) is 37.4 Å². The Hall–Kier alpha value is -2.25. The lowest BCUT2D eigenvalue weighted by Crippen LogP contribution is -2.37. The Kier molecular flexibility index (Phi) is 6.00. The van der Waals surface area contributed by atoms with Crippen LogP contribution < -0.4 is 10.6 Å². The molecule has 0 bridgehead atoms. The van der Waals surface area contributed by atoms with E-state index in [-0.39, 0.29) is 17.7 Å². The predicted octanol–water partition coefficient (Wildman–Crippen LogP) is 3.26. The first-order chi connectivity index (χ1) is 12.5. The van der Waals surface area contributed by atoms with E-state index in [2.05, 4.69) is 20.5 Å². The van der Waals surface area contributed by atoms with E-state index in [9.17, 15) is 9.59 Å². The quantitative estimate of drug-likeness (QED) is 0.845. The van der Waals surface area contributed by atoms with Crippen LogP contribution in [0, 0.1) is 12.8 Å². The Morgan fingerprint density at radius 2 is 1.88 bits per heavy atom. The van der Waals surface area contributed by atoms with Gasteiger partial charge in [-0.05, 0) is 45.0 Å². The summed E-state index contributed by atoms with van der Waals surface area (Å²) in [6.45, 7) is 6.10. The van der Waals surface area contributed by atoms with Gasteiger partial charge >= 0.3 is 0 Å². The molecule has 0 spiro atoms. The topological polar surface area (TPSA) is 74.3 Å². The number of likely N-dealkylation sites (tertiary alicyclic amines) is 1. The first-order valence-corrected chi connectivity index (χ1v) is 9.63. The number of rotatable bonds is 5. The van der Waals surface area contributed by atoms with Gasteiger partial charge in [-0.1, -0.05) is 17.7 Å². The molecule has 0 saturated carbocycles. The van der Waals surface area contributed by atoms with Gasteiger partial charge < -0.3 is 10.6 Å². The monoisotopic (exact) mass is 372 g/mol. The normalized spacial score (nSPS) is 15.6. The smallest absolute Gasteiger partial charge is 0.227 e. The largest absolute Gasteiger partial charge is 0.326 e. The van der Waals surface area contributed by atoms with Gasteiger partial charge in [-0.25, -0.2) is 4.98 Å². The number of aromatic nitrogens is 1. The average molecular weight is 372 g/mol. The molecule has 1 aromatic heterocycles. The number of hydrogen-bond acceptors (Lipinski definition) is 5. The summed E-state index contributed by atoms with van der Waals surface area (Å²) in [5, 5.41) is 6.37. The third-order valence-electron chi connectivity index (χ3n) is 4.49. The van der Waals surface area contributed by atoms with E-state index in [1.165, 1.54) is 23.8 Å². The third-order valence-corrected chi connectivity index (χ3v) is 5.39. The zero-order chi connectivity index (χ0) is 18.5. The number of thiazole rings is 1. The third kappa shape index (κ3) is 5.12. The van der Waals surface area contributed by atoms with Crippen molar-refractivity contribution in [3.05, 3.63) is 40.9 Å². The van der Waals surface area contributed by atoms with Crippen molar-refractivity contribution in [2.75, 3.05) is 23.7 Å². The fourth-order valence-corrected chi connectivity index (χ4v) is 3.94. The predicted molar refractivity (Wildman–Crippen MR) is 104 cm³/mol. The highest BCUT2D eigenvalue weighted by molar-refractivity contribution is 7.15. The van der Waals surface area contributed by atoms with Crippen LogP contribution in [0.1, 0.15) is 30.2 Å². The molecule has 1 aliphatic heterocycles. The first-order valence-electron chi connectivity index (χ1n) is 8.82. The van der Waals surface area contributed by atoms with Crippen molar-refractivity contribution in [1.82, 2.24) is 9.88 Å². The summed E-state index contributed by atoms with van der Waals surface area (Å²) in [5.41, 5.74) is 2.04. The molecule has 0 unspecified atom stereocenters. The van der Waals surface area contributed by atoms with E-state index in [1.54, 1.807) is 0 Å². The summed E-state index contributed by atoms with van der Waals surface area (Å²) < 4.78 is 0. The Balaban J connectivity index is 1.46. The first kappa shape index (κ1) is 18.5. The van der Waals surface area contributed by atoms with E-state index in [4.69, 9.17) is 0 Å². The van der Waals surface area contributed by atoms with Crippen molar-refractivity contribution in [1.29, 1.82) is 0 Å². The molecular weight excluding hydrogens is 348 g/mol. The number of amides is 2. The number of hydrogen-bond donors (Lipinski definition) is 2. The number of aryl methyl sites for hydroxylation is 1. The van der Waals surface area contributed by atoms with Crippen LogP contribution >= 0.6 is 11.3 Å². The molecule has 2 aromatic rings. The Morgan fingerprint density at radius 3 is 2.54 bits per heavy atom. The maximum Gasteiger partial charge on any atom is 0.227 e. The number of anilines is 2. The van der Waals surface area contributed by atoms with Crippen LogP contribution in [0.3, 0.4) is 0 Å². The average Bonchev–Trinajstić information content (AvgIpc) is 3.03. The summed E-state index contributed by atoms with van der Waals surface area (Å²) in [4.78, 5) is 31.2. The van der Waals surface area contributed by atoms with E-state index in [0.717, 1.165) is 43.0 Å². The van der Waals surface area contributed by atoms with Crippen molar-refractivity contribution < 1.29 is 9.59 Å². The maximum atomic E-state index is 12.4. The van der Waals surface area contributed by atoms with Gasteiger partial charge in [0.15, 0.2) is 5.13 Å². The van der Waals surface area contributed by atoms with Gasteiger partial charge in [-0.15, -0.1) is 11.3 Å². The van der Waals surface area contributed by atoms with Gasteiger partial charge in [-0.2, -0.15) is 0 Å². The molecule has 1 saturated heterocycles. The number of carbonyl (C=O) groups is 2. The highest BCUT2D eigenvalue weighted by Gasteiger charge is 2.25. The van der Waals surface area contributed by atoms with Crippen molar-refractivity contribution >= 4 is 34.0 Å². The molecule has 26 heavy (non-hydrogen) atoms. The Bertz CT molecular complexity index is 764. The van der Waals surface area contributed by atoms with Crippen LogP contribution in [-0.4, -0.2) is 34.8 Å². The lowest BCUT2D eigenvalue weighted by atomic mass is 9.95. The SMILES string of the molecule is CC(=O)Nc1ncc(CN2CCC(C(=O)Nc3ccc(C)cc3)CC2)s1. The van der Waals surface area contributed by atoms with Gasteiger partial charge in [0.05, 0.1) is 0 Å². The highest BCUT2D eigenvalue weighted by atomic mass is 32.1. The Labute approximate surface area is 157 Å². The second-order valence-electron chi connectivity index (χ2n) is 6.72. The fraction of sp³-hybridized carbons (Fsp3) is 0.421. The van der Waals surface area contributed by atoms with Crippen LogP contribution in [0.4, 0.5) is 10.8 Å². The minimum atomic E-state index is -0.105. The second kappa shape index (κ2) is 8.42. The molecule has 7 heteroatoms. The van der Waals surface area contributed by atoms with Gasteiger partial charge in [0, 0.05) is 36.1 Å². The van der Waals surface area contributed by atoms with E-state index in [0.29, 0.717) is 5.13 Å². The van der Waals surface area contributed by atoms with Crippen LogP contribution in [0.2, 0.25) is 0 Å². The molecular formula is C19H24N4O2S. The summed E-state index contributed by atoms with van der Waals surface area (Å²) in [6, 6.07) is 7.89. The zero-order valence-corrected chi connectivity index (χ0v) is 15.9. The van der Waals surface area contributed by atoms with Crippen molar-refractivity contribution in [3.8, 4) is 0 Å². The lowest BCUT2D eigenvalue weighted by Gasteiger charge is -2.30. The fourth-order valence-electron chi connectivity index (χ4n) is 3.04. The van der Waals surface area contributed by atoms with Crippen molar-refractivity contribution in [2.24, 2.45) is 5.92 Å². The molecule has 0 aliphatic carbocycles. The molecule has 2 amide bonds. The van der Waals surface area contributed by atoms with E-state index < -0.39 is 0 Å². The number of piperidine rings is 1. The van der Waals surface area contributed by atoms with Crippen LogP contribution in [0.25, 0.3) is 0 Å². The molecule has 2 heterocycles. The molecule has 6 nitrogen and oxygen atoms in total. The van der Waals surface area contributed by atoms with Gasteiger partial charge in [0.2, 0.25) is 11.8 Å². The maximum absolute atomic E-state index is 12.4. The van der Waals surface area contributed by atoms with Gasteiger partial charge in [0.25, 0.3) is 0 Å². The van der Waals surface area contributed by atoms with E-state index >= 15 is 0 Å². The number of nitrogens with one attached hydrogen (secondary N) is 2. The summed E-state index contributed by atoms with van der Waals surface area (Å²) >= 11 is 1.50. The number of carbonyl (C=O) groups excluding carboxylic acids is 2. The molecule has 1 aromatic carbocycles. The molecule has 1 fully saturated rings. The number of nitrogens with zero attached hydrogens (tertiary/aromatic N) is 2. The number of benzene rings is 1. The lowest BCUT2D eigenvalue weighted by molar-refractivity contribution is -0.121. The summed E-state index contributed by atoms with van der Waals surface area (Å²) in [7, 11) is 0. The second-order valence-corrected chi connectivity index (χ2v) is 7.83. The summed E-state index contributed by atoms with van der Waals surface area (Å²) in [6.07, 6.45) is 3.52. The molecule has 1 aliphatic rings. The standard InChI is InChI=1S/C19H24N4O2S/c1-13-3-5-16(6-4-13)22-18(25)15-7-9-23(10-8-15)12-17-11-20-19(26-17)21-14(2)24/h3-6,11,15H,7-10,12H2,1-2H3,(H,22,25)(H,20,21,24). The zero-order valence-electron chi connectivity index (χ0n) is 15.1. The summed E-state index contributed by atoms with van der Waals surface area (Å²) in [5.74, 6) is 0.0643. The molecule has 0 radical (unpaired) electrons. The van der Waals surface area contributed by atoms with Crippen LogP contribution in [-0.2, 0) is 16.1 Å². The molecule has 3 rings (SSSR count). The minimum absolute atomic E-state index is 0.0592. The molecule has 2 N–H and O–H groups in total. The van der Waals surface area contributed by atoms with Crippen molar-refractivity contribution in [3.63, 3.8) is 0 Å². The van der Waals surface area contributed by atoms with Crippen molar-refractivity contribution in [2.45, 2.75) is 33.2 Å². The molecule has 0 atom stereocenters. The Morgan fingerprint density at radius 1 is 1.19 bits per heavy atom. The van der Waals surface area contributed by atoms with Gasteiger partial charge in [0.1, 0.15) is 0 Å². The van der Waals surface area contributed by atoms with Crippen LogP contribution in [0.15, 0.2) is 30.5 Å². The highest BCUT2D eigenvalue weighted by Crippen LogP contribution is 2.24. The van der Waals surface area contributed by atoms with Crippen LogP contribution in [0.5, 0.6) is 0 Å².